The maximum absolute atomic E-state index is 3.64. The first-order chi connectivity index (χ1) is 8.41. The molecule has 96 valence electrons. The normalized spacial score (nSPS) is 18.1. The molecule has 0 spiro atoms. The molecule has 0 aliphatic carbocycles. The molecule has 1 aliphatic heterocycles. The summed E-state index contributed by atoms with van der Waals surface area (Å²) < 4.78 is 2.41. The first kappa shape index (κ1) is 11.8. The number of benzene rings is 1. The zero-order chi connectivity index (χ0) is 13.1. The molecule has 3 rings (SSSR count). The molecule has 0 bridgehead atoms. The molecule has 1 aromatic heterocycles. The Morgan fingerprint density at radius 3 is 2.67 bits per heavy atom. The van der Waals surface area contributed by atoms with Crippen LogP contribution in [0.3, 0.4) is 0 Å². The van der Waals surface area contributed by atoms with Crippen molar-refractivity contribution < 1.29 is 0 Å². The van der Waals surface area contributed by atoms with E-state index >= 15 is 0 Å². The zero-order valence-corrected chi connectivity index (χ0v) is 12.0. The summed E-state index contributed by atoms with van der Waals surface area (Å²) in [6, 6.07) is 4.54. The molecule has 2 nitrogen and oxygen atoms in total. The number of rotatable bonds is 0. The lowest BCUT2D eigenvalue weighted by atomic mass is 9.91. The maximum Gasteiger partial charge on any atom is 0.0515 e. The van der Waals surface area contributed by atoms with Gasteiger partial charge in [-0.1, -0.05) is 12.1 Å². The number of fused-ring (bicyclic) bond motifs is 3. The number of hydrogen-bond donors (Lipinski definition) is 1. The highest BCUT2D eigenvalue weighted by Gasteiger charge is 2.29. The molecular formula is C16H22N2. The van der Waals surface area contributed by atoms with Crippen LogP contribution in [-0.2, 0) is 20.0 Å². The van der Waals surface area contributed by atoms with Gasteiger partial charge in [-0.2, -0.15) is 0 Å². The van der Waals surface area contributed by atoms with Crippen molar-refractivity contribution in [3.63, 3.8) is 0 Å². The summed E-state index contributed by atoms with van der Waals surface area (Å²) >= 11 is 0. The third kappa shape index (κ3) is 1.52. The predicted octanol–water partition coefficient (Wildman–Crippen LogP) is 3.22. The highest BCUT2D eigenvalue weighted by atomic mass is 15.0. The molecule has 1 aromatic carbocycles. The Labute approximate surface area is 109 Å². The standard InChI is InChI=1S/C16H22N2/c1-10-6-7-12-13-9-17-16(3,4)8-14(13)18(5)15(12)11(10)2/h6-7,17H,8-9H2,1-5H3. The molecule has 0 fully saturated rings. The van der Waals surface area contributed by atoms with E-state index in [0.29, 0.717) is 0 Å². The van der Waals surface area contributed by atoms with Gasteiger partial charge in [0.15, 0.2) is 0 Å². The van der Waals surface area contributed by atoms with Crippen LogP contribution in [-0.4, -0.2) is 10.1 Å². The molecule has 0 radical (unpaired) electrons. The second kappa shape index (κ2) is 3.61. The van der Waals surface area contributed by atoms with E-state index in [2.05, 4.69) is 56.8 Å². The van der Waals surface area contributed by atoms with Gasteiger partial charge in [0.1, 0.15) is 0 Å². The van der Waals surface area contributed by atoms with E-state index < -0.39 is 0 Å². The van der Waals surface area contributed by atoms with Crippen molar-refractivity contribution in [1.82, 2.24) is 9.88 Å². The lowest BCUT2D eigenvalue weighted by Gasteiger charge is -2.32. The van der Waals surface area contributed by atoms with Crippen LogP contribution < -0.4 is 5.32 Å². The number of hydrogen-bond acceptors (Lipinski definition) is 1. The van der Waals surface area contributed by atoms with Gasteiger partial charge in [0.05, 0.1) is 5.52 Å². The van der Waals surface area contributed by atoms with Crippen molar-refractivity contribution >= 4 is 10.9 Å². The smallest absolute Gasteiger partial charge is 0.0515 e. The highest BCUT2D eigenvalue weighted by molar-refractivity contribution is 5.89. The van der Waals surface area contributed by atoms with Crippen LogP contribution in [0.1, 0.15) is 36.2 Å². The molecule has 1 N–H and O–H groups in total. The van der Waals surface area contributed by atoms with Crippen LogP contribution in [0.15, 0.2) is 12.1 Å². The Morgan fingerprint density at radius 2 is 1.94 bits per heavy atom. The Balaban J connectivity index is 2.34. The summed E-state index contributed by atoms with van der Waals surface area (Å²) in [6.07, 6.45) is 1.10. The van der Waals surface area contributed by atoms with Gasteiger partial charge in [0, 0.05) is 36.6 Å². The van der Waals surface area contributed by atoms with Gasteiger partial charge in [-0.15, -0.1) is 0 Å². The number of nitrogens with one attached hydrogen (secondary N) is 1. The van der Waals surface area contributed by atoms with Crippen molar-refractivity contribution in [1.29, 1.82) is 0 Å². The van der Waals surface area contributed by atoms with Gasteiger partial charge in [-0.05, 0) is 44.4 Å². The van der Waals surface area contributed by atoms with Gasteiger partial charge in [0.25, 0.3) is 0 Å². The van der Waals surface area contributed by atoms with E-state index in [1.54, 1.807) is 0 Å². The van der Waals surface area contributed by atoms with E-state index in [9.17, 15) is 0 Å². The lowest BCUT2D eigenvalue weighted by molar-refractivity contribution is 0.356. The molecule has 2 heterocycles. The van der Waals surface area contributed by atoms with Crippen LogP contribution in [0.2, 0.25) is 0 Å². The van der Waals surface area contributed by atoms with Crippen LogP contribution in [0, 0.1) is 13.8 Å². The first-order valence-corrected chi connectivity index (χ1v) is 6.72. The third-order valence-electron chi connectivity index (χ3n) is 4.47. The van der Waals surface area contributed by atoms with Crippen molar-refractivity contribution in [2.75, 3.05) is 0 Å². The van der Waals surface area contributed by atoms with Crippen LogP contribution in [0.25, 0.3) is 10.9 Å². The average molecular weight is 242 g/mol. The van der Waals surface area contributed by atoms with E-state index in [-0.39, 0.29) is 5.54 Å². The van der Waals surface area contributed by atoms with Gasteiger partial charge in [-0.3, -0.25) is 0 Å². The summed E-state index contributed by atoms with van der Waals surface area (Å²) in [7, 11) is 2.22. The maximum atomic E-state index is 3.64. The second-order valence-electron chi connectivity index (χ2n) is 6.30. The zero-order valence-electron chi connectivity index (χ0n) is 12.0. The quantitative estimate of drug-likeness (QED) is 0.750. The summed E-state index contributed by atoms with van der Waals surface area (Å²) in [5, 5.41) is 5.07. The fourth-order valence-corrected chi connectivity index (χ4v) is 3.20. The second-order valence-corrected chi connectivity index (χ2v) is 6.30. The predicted molar refractivity (Wildman–Crippen MR) is 77.0 cm³/mol. The van der Waals surface area contributed by atoms with E-state index in [0.717, 1.165) is 13.0 Å². The van der Waals surface area contributed by atoms with E-state index in [1.807, 2.05) is 0 Å². The van der Waals surface area contributed by atoms with E-state index in [1.165, 1.54) is 33.3 Å². The summed E-state index contributed by atoms with van der Waals surface area (Å²) in [5.41, 5.74) is 7.42. The van der Waals surface area contributed by atoms with Crippen molar-refractivity contribution in [3.8, 4) is 0 Å². The minimum absolute atomic E-state index is 0.206. The molecule has 0 amide bonds. The van der Waals surface area contributed by atoms with Crippen LogP contribution in [0.4, 0.5) is 0 Å². The molecule has 1 aliphatic rings. The van der Waals surface area contributed by atoms with Crippen molar-refractivity contribution in [3.05, 3.63) is 34.5 Å². The number of aromatic nitrogens is 1. The largest absolute Gasteiger partial charge is 0.347 e. The van der Waals surface area contributed by atoms with Crippen LogP contribution >= 0.6 is 0 Å². The number of nitrogens with zero attached hydrogens (tertiary/aromatic N) is 1. The minimum atomic E-state index is 0.206. The Morgan fingerprint density at radius 1 is 1.22 bits per heavy atom. The summed E-state index contributed by atoms with van der Waals surface area (Å²) in [5.74, 6) is 0. The fourth-order valence-electron chi connectivity index (χ4n) is 3.20. The highest BCUT2D eigenvalue weighted by Crippen LogP contribution is 2.34. The molecule has 2 heteroatoms. The number of aryl methyl sites for hydroxylation is 3. The molecule has 0 atom stereocenters. The minimum Gasteiger partial charge on any atom is -0.347 e. The monoisotopic (exact) mass is 242 g/mol. The molecule has 0 saturated heterocycles. The lowest BCUT2D eigenvalue weighted by Crippen LogP contribution is -2.44. The molecule has 0 saturated carbocycles. The molecule has 0 unspecified atom stereocenters. The molecular weight excluding hydrogens is 220 g/mol. The van der Waals surface area contributed by atoms with Gasteiger partial charge >= 0.3 is 0 Å². The summed E-state index contributed by atoms with van der Waals surface area (Å²) in [4.78, 5) is 0. The van der Waals surface area contributed by atoms with Crippen LogP contribution in [0.5, 0.6) is 0 Å². The Hall–Kier alpha value is -1.28. The van der Waals surface area contributed by atoms with Gasteiger partial charge in [-0.25, -0.2) is 0 Å². The Bertz CT molecular complexity index is 632. The fraction of sp³-hybridized carbons (Fsp3) is 0.500. The topological polar surface area (TPSA) is 17.0 Å². The Kier molecular flexibility index (Phi) is 2.36. The third-order valence-corrected chi connectivity index (χ3v) is 4.47. The van der Waals surface area contributed by atoms with Gasteiger partial charge in [0.2, 0.25) is 0 Å². The summed E-state index contributed by atoms with van der Waals surface area (Å²) in [6.45, 7) is 9.99. The first-order valence-electron chi connectivity index (χ1n) is 6.72. The molecule has 2 aromatic rings. The average Bonchev–Trinajstić information content (AvgIpc) is 2.57. The van der Waals surface area contributed by atoms with Crippen molar-refractivity contribution in [2.45, 2.75) is 46.2 Å². The van der Waals surface area contributed by atoms with Gasteiger partial charge < -0.3 is 9.88 Å². The SMILES string of the molecule is Cc1ccc2c3c(n(C)c2c1C)CC(C)(C)NC3. The molecule has 18 heavy (non-hydrogen) atoms. The van der Waals surface area contributed by atoms with E-state index in [4.69, 9.17) is 0 Å². The van der Waals surface area contributed by atoms with Crippen molar-refractivity contribution in [2.24, 2.45) is 7.05 Å².